The van der Waals surface area contributed by atoms with Crippen molar-refractivity contribution in [2.24, 2.45) is 0 Å². The summed E-state index contributed by atoms with van der Waals surface area (Å²) in [5.41, 5.74) is 4.62. The smallest absolute Gasteiger partial charge is 0.148 e. The summed E-state index contributed by atoms with van der Waals surface area (Å²) in [5, 5.41) is 0. The van der Waals surface area contributed by atoms with Crippen molar-refractivity contribution in [1.29, 1.82) is 0 Å². The summed E-state index contributed by atoms with van der Waals surface area (Å²) in [6.07, 6.45) is 0. The summed E-state index contributed by atoms with van der Waals surface area (Å²) in [7, 11) is 0. The summed E-state index contributed by atoms with van der Waals surface area (Å²) in [6, 6.07) is 8.42. The number of rotatable bonds is 1. The fourth-order valence-corrected chi connectivity index (χ4v) is 3.30. The first-order chi connectivity index (χ1) is 8.13. The monoisotopic (exact) mass is 306 g/mol. The molecule has 0 bridgehead atoms. The van der Waals surface area contributed by atoms with Crippen LogP contribution in [-0.4, -0.2) is 9.97 Å². The quantitative estimate of drug-likeness (QED) is 0.695. The minimum absolute atomic E-state index is 0.949. The maximum Gasteiger partial charge on any atom is 0.148 e. The van der Waals surface area contributed by atoms with Gasteiger partial charge in [-0.15, -0.1) is 11.3 Å². The van der Waals surface area contributed by atoms with Gasteiger partial charge in [-0.1, -0.05) is 6.07 Å². The fourth-order valence-electron chi connectivity index (χ4n) is 1.82. The molecule has 0 unspecified atom stereocenters. The molecular formula is C13H11BrN2S. The van der Waals surface area contributed by atoms with Crippen LogP contribution in [0, 0.1) is 13.8 Å². The number of hydrogen-bond donors (Lipinski definition) is 1. The number of aromatic nitrogens is 2. The van der Waals surface area contributed by atoms with Crippen molar-refractivity contribution >= 4 is 38.3 Å². The third kappa shape index (κ3) is 1.91. The number of benzene rings is 1. The summed E-state index contributed by atoms with van der Waals surface area (Å²) in [6.45, 7) is 4.18. The van der Waals surface area contributed by atoms with Crippen molar-refractivity contribution in [2.75, 3.05) is 0 Å². The van der Waals surface area contributed by atoms with E-state index in [1.807, 2.05) is 0 Å². The van der Waals surface area contributed by atoms with Gasteiger partial charge < -0.3 is 4.98 Å². The molecule has 0 radical (unpaired) electrons. The van der Waals surface area contributed by atoms with E-state index >= 15 is 0 Å². The van der Waals surface area contributed by atoms with Crippen LogP contribution in [0.4, 0.5) is 0 Å². The van der Waals surface area contributed by atoms with Gasteiger partial charge in [0.2, 0.25) is 0 Å². The van der Waals surface area contributed by atoms with E-state index < -0.39 is 0 Å². The summed E-state index contributed by atoms with van der Waals surface area (Å²) < 4.78 is 1.17. The predicted molar refractivity (Wildman–Crippen MR) is 76.6 cm³/mol. The maximum atomic E-state index is 4.61. The number of thiophene rings is 1. The van der Waals surface area contributed by atoms with Crippen LogP contribution in [0.15, 0.2) is 28.1 Å². The van der Waals surface area contributed by atoms with Crippen molar-refractivity contribution in [3.05, 3.63) is 39.2 Å². The molecule has 0 aliphatic carbocycles. The van der Waals surface area contributed by atoms with Crippen molar-refractivity contribution < 1.29 is 0 Å². The molecule has 0 saturated heterocycles. The molecule has 2 aromatic heterocycles. The first-order valence-electron chi connectivity index (χ1n) is 5.36. The standard InChI is InChI=1S/C13H11BrN2S/c1-7-3-4-9-10(5-7)16-13(15-9)11-6-8(2)12(14)17-11/h3-6H,1-2H3,(H,15,16). The molecule has 0 spiro atoms. The average molecular weight is 307 g/mol. The zero-order valence-corrected chi connectivity index (χ0v) is 11.9. The van der Waals surface area contributed by atoms with E-state index in [4.69, 9.17) is 0 Å². The molecule has 0 atom stereocenters. The van der Waals surface area contributed by atoms with Crippen LogP contribution in [0.1, 0.15) is 11.1 Å². The van der Waals surface area contributed by atoms with Gasteiger partial charge in [-0.25, -0.2) is 4.98 Å². The molecule has 0 fully saturated rings. The van der Waals surface area contributed by atoms with Crippen molar-refractivity contribution in [1.82, 2.24) is 9.97 Å². The Morgan fingerprint density at radius 2 is 2.06 bits per heavy atom. The zero-order chi connectivity index (χ0) is 12.0. The first kappa shape index (κ1) is 11.0. The Morgan fingerprint density at radius 1 is 1.24 bits per heavy atom. The fraction of sp³-hybridized carbons (Fsp3) is 0.154. The molecule has 4 heteroatoms. The average Bonchev–Trinajstić information content (AvgIpc) is 2.83. The topological polar surface area (TPSA) is 28.7 Å². The molecule has 1 aromatic carbocycles. The third-order valence-corrected chi connectivity index (χ3v) is 4.87. The van der Waals surface area contributed by atoms with Crippen molar-refractivity contribution in [2.45, 2.75) is 13.8 Å². The molecule has 3 aromatic rings. The first-order valence-corrected chi connectivity index (χ1v) is 6.97. The SMILES string of the molecule is Cc1ccc2nc(-c3cc(C)c(Br)s3)[nH]c2c1. The Bertz CT molecular complexity index is 677. The van der Waals surface area contributed by atoms with Crippen LogP contribution in [-0.2, 0) is 0 Å². The summed E-state index contributed by atoms with van der Waals surface area (Å²) >= 11 is 5.26. The van der Waals surface area contributed by atoms with Gasteiger partial charge in [0, 0.05) is 0 Å². The van der Waals surface area contributed by atoms with Crippen LogP contribution in [0.25, 0.3) is 21.7 Å². The van der Waals surface area contributed by atoms with Crippen LogP contribution in [0.5, 0.6) is 0 Å². The van der Waals surface area contributed by atoms with Gasteiger partial charge in [-0.05, 0) is 59.1 Å². The predicted octanol–water partition coefficient (Wildman–Crippen LogP) is 4.67. The second kappa shape index (κ2) is 3.96. The number of fused-ring (bicyclic) bond motifs is 1. The lowest BCUT2D eigenvalue weighted by Gasteiger charge is -1.89. The second-order valence-electron chi connectivity index (χ2n) is 4.17. The van der Waals surface area contributed by atoms with Gasteiger partial charge in [-0.2, -0.15) is 0 Å². The van der Waals surface area contributed by atoms with E-state index in [2.05, 4.69) is 64.0 Å². The number of halogens is 1. The van der Waals surface area contributed by atoms with Crippen LogP contribution >= 0.6 is 27.3 Å². The van der Waals surface area contributed by atoms with E-state index in [0.29, 0.717) is 0 Å². The molecule has 3 rings (SSSR count). The van der Waals surface area contributed by atoms with Gasteiger partial charge in [0.15, 0.2) is 0 Å². The lowest BCUT2D eigenvalue weighted by atomic mass is 10.2. The van der Waals surface area contributed by atoms with Gasteiger partial charge in [0.1, 0.15) is 5.82 Å². The molecule has 0 aliphatic heterocycles. The highest BCUT2D eigenvalue weighted by Gasteiger charge is 2.09. The largest absolute Gasteiger partial charge is 0.337 e. The number of nitrogens with one attached hydrogen (secondary N) is 1. The molecule has 17 heavy (non-hydrogen) atoms. The number of hydrogen-bond acceptors (Lipinski definition) is 2. The van der Waals surface area contributed by atoms with Gasteiger partial charge in [0.25, 0.3) is 0 Å². The van der Waals surface area contributed by atoms with Gasteiger partial charge in [-0.3, -0.25) is 0 Å². The number of H-pyrrole nitrogens is 1. The highest BCUT2D eigenvalue weighted by atomic mass is 79.9. The molecule has 2 heterocycles. The Hall–Kier alpha value is -1.13. The van der Waals surface area contributed by atoms with Crippen molar-refractivity contribution in [3.8, 4) is 10.7 Å². The van der Waals surface area contributed by atoms with E-state index in [0.717, 1.165) is 16.9 Å². The van der Waals surface area contributed by atoms with E-state index in [1.54, 1.807) is 11.3 Å². The third-order valence-electron chi connectivity index (χ3n) is 2.73. The van der Waals surface area contributed by atoms with Crippen LogP contribution < -0.4 is 0 Å². The minimum Gasteiger partial charge on any atom is -0.337 e. The Balaban J connectivity index is 2.17. The molecule has 0 saturated carbocycles. The Kier molecular flexibility index (Phi) is 2.56. The lowest BCUT2D eigenvalue weighted by molar-refractivity contribution is 1.35. The Morgan fingerprint density at radius 3 is 2.76 bits per heavy atom. The normalized spacial score (nSPS) is 11.2. The van der Waals surface area contributed by atoms with Gasteiger partial charge in [0.05, 0.1) is 19.7 Å². The van der Waals surface area contributed by atoms with Gasteiger partial charge >= 0.3 is 0 Å². The van der Waals surface area contributed by atoms with Crippen LogP contribution in [0.2, 0.25) is 0 Å². The second-order valence-corrected chi connectivity index (χ2v) is 6.54. The zero-order valence-electron chi connectivity index (χ0n) is 9.54. The number of nitrogens with zero attached hydrogens (tertiary/aromatic N) is 1. The lowest BCUT2D eigenvalue weighted by Crippen LogP contribution is -1.73. The number of aromatic amines is 1. The highest BCUT2D eigenvalue weighted by Crippen LogP contribution is 2.34. The molecule has 86 valence electrons. The summed E-state index contributed by atoms with van der Waals surface area (Å²) in [5.74, 6) is 0.949. The molecule has 1 N–H and O–H groups in total. The highest BCUT2D eigenvalue weighted by molar-refractivity contribution is 9.11. The molecule has 0 aliphatic rings. The minimum atomic E-state index is 0.949. The van der Waals surface area contributed by atoms with E-state index in [9.17, 15) is 0 Å². The number of aryl methyl sites for hydroxylation is 2. The Labute approximate surface area is 112 Å². The van der Waals surface area contributed by atoms with Crippen LogP contribution in [0.3, 0.4) is 0 Å². The molecular weight excluding hydrogens is 296 g/mol. The van der Waals surface area contributed by atoms with E-state index in [1.165, 1.54) is 19.8 Å². The molecule has 0 amide bonds. The van der Waals surface area contributed by atoms with Crippen molar-refractivity contribution in [3.63, 3.8) is 0 Å². The summed E-state index contributed by atoms with van der Waals surface area (Å²) in [4.78, 5) is 9.15. The van der Waals surface area contributed by atoms with E-state index in [-0.39, 0.29) is 0 Å². The number of imidazole rings is 1. The maximum absolute atomic E-state index is 4.61. The molecule has 2 nitrogen and oxygen atoms in total.